The van der Waals surface area contributed by atoms with Gasteiger partial charge in [0.25, 0.3) is 0 Å². The van der Waals surface area contributed by atoms with E-state index in [1.807, 2.05) is 6.26 Å². The summed E-state index contributed by atoms with van der Waals surface area (Å²) < 4.78 is 10.0. The molecular formula is C12H12N2O4S. The van der Waals surface area contributed by atoms with E-state index in [-0.39, 0.29) is 11.5 Å². The van der Waals surface area contributed by atoms with Crippen molar-refractivity contribution in [3.05, 3.63) is 12.1 Å². The Labute approximate surface area is 113 Å². The molecule has 19 heavy (non-hydrogen) atoms. The third kappa shape index (κ3) is 3.05. The monoisotopic (exact) mass is 280 g/mol. The molecule has 1 aromatic heterocycles. The summed E-state index contributed by atoms with van der Waals surface area (Å²) >= 11 is 1.45. The summed E-state index contributed by atoms with van der Waals surface area (Å²) in [4.78, 5) is 29.5. The summed E-state index contributed by atoms with van der Waals surface area (Å²) in [7, 11) is 0. The number of aromatic nitrogens is 2. The van der Waals surface area contributed by atoms with Crippen LogP contribution in [0.2, 0.25) is 0 Å². The molecule has 0 atom stereocenters. The Balaban J connectivity index is 2.53. The third-order valence-electron chi connectivity index (χ3n) is 2.23. The van der Waals surface area contributed by atoms with Crippen molar-refractivity contribution in [1.29, 1.82) is 0 Å². The number of fused-ring (bicyclic) bond motifs is 1. The molecule has 100 valence electrons. The molecule has 1 N–H and O–H groups in total. The molecule has 0 spiro atoms. The van der Waals surface area contributed by atoms with Crippen LogP contribution in [0, 0.1) is 0 Å². The Morgan fingerprint density at radius 1 is 1.16 bits per heavy atom. The van der Waals surface area contributed by atoms with Crippen LogP contribution >= 0.6 is 11.8 Å². The van der Waals surface area contributed by atoms with E-state index in [1.165, 1.54) is 25.6 Å². The van der Waals surface area contributed by atoms with Crippen LogP contribution in [0.15, 0.2) is 17.3 Å². The standard InChI is InChI=1S/C12H12N2O4S/c1-6(15)17-10-4-8-9(14-12(13-8)19-3)5-11(10)18-7(2)16/h4-5H,1-3H3,(H,13,14). The van der Waals surface area contributed by atoms with Gasteiger partial charge in [-0.3, -0.25) is 9.59 Å². The summed E-state index contributed by atoms with van der Waals surface area (Å²) in [5, 5.41) is 0.726. The molecule has 0 bridgehead atoms. The first-order valence-electron chi connectivity index (χ1n) is 5.44. The maximum absolute atomic E-state index is 11.1. The summed E-state index contributed by atoms with van der Waals surface area (Å²) in [6, 6.07) is 3.15. The number of carbonyl (C=O) groups excluding carboxylic acids is 2. The average Bonchev–Trinajstić information content (AvgIpc) is 2.70. The summed E-state index contributed by atoms with van der Waals surface area (Å²) in [6.45, 7) is 2.56. The first kappa shape index (κ1) is 13.4. The minimum atomic E-state index is -0.492. The van der Waals surface area contributed by atoms with Crippen LogP contribution in [0.1, 0.15) is 13.8 Å². The summed E-state index contributed by atoms with van der Waals surface area (Å²) in [5.74, 6) is -0.619. The van der Waals surface area contributed by atoms with E-state index in [4.69, 9.17) is 9.47 Å². The molecule has 0 saturated carbocycles. The number of nitrogens with zero attached hydrogens (tertiary/aromatic N) is 1. The molecule has 0 saturated heterocycles. The van der Waals surface area contributed by atoms with Crippen molar-refractivity contribution < 1.29 is 19.1 Å². The van der Waals surface area contributed by atoms with Gasteiger partial charge in [-0.2, -0.15) is 0 Å². The van der Waals surface area contributed by atoms with Crippen LogP contribution in [-0.2, 0) is 9.59 Å². The van der Waals surface area contributed by atoms with E-state index in [0.717, 1.165) is 5.16 Å². The van der Waals surface area contributed by atoms with Gasteiger partial charge in [-0.1, -0.05) is 11.8 Å². The molecule has 0 amide bonds. The minimum Gasteiger partial charge on any atom is -0.423 e. The number of hydrogen-bond acceptors (Lipinski definition) is 6. The number of nitrogens with one attached hydrogen (secondary N) is 1. The Hall–Kier alpha value is -2.02. The van der Waals surface area contributed by atoms with Gasteiger partial charge in [-0.15, -0.1) is 0 Å². The zero-order valence-corrected chi connectivity index (χ0v) is 11.5. The van der Waals surface area contributed by atoms with Crippen LogP contribution in [0.5, 0.6) is 11.5 Å². The maximum atomic E-state index is 11.1. The normalized spacial score (nSPS) is 10.5. The number of carbonyl (C=O) groups is 2. The van der Waals surface area contributed by atoms with Crippen molar-refractivity contribution in [1.82, 2.24) is 9.97 Å². The number of rotatable bonds is 3. The maximum Gasteiger partial charge on any atom is 0.308 e. The summed E-state index contributed by atoms with van der Waals surface area (Å²) in [6.07, 6.45) is 1.89. The molecule has 7 heteroatoms. The topological polar surface area (TPSA) is 81.3 Å². The van der Waals surface area contributed by atoms with Gasteiger partial charge in [0.2, 0.25) is 0 Å². The van der Waals surface area contributed by atoms with Crippen LogP contribution in [-0.4, -0.2) is 28.2 Å². The lowest BCUT2D eigenvalue weighted by atomic mass is 10.2. The molecule has 1 heterocycles. The Morgan fingerprint density at radius 2 is 1.74 bits per heavy atom. The minimum absolute atomic E-state index is 0.175. The number of thioether (sulfide) groups is 1. The molecule has 1 aromatic carbocycles. The van der Waals surface area contributed by atoms with Gasteiger partial charge in [0.15, 0.2) is 16.7 Å². The number of H-pyrrole nitrogens is 1. The number of imidazole rings is 1. The fraction of sp³-hybridized carbons (Fsp3) is 0.250. The van der Waals surface area contributed by atoms with Gasteiger partial charge in [-0.05, 0) is 6.26 Å². The molecule has 6 nitrogen and oxygen atoms in total. The van der Waals surface area contributed by atoms with Gasteiger partial charge in [0, 0.05) is 26.0 Å². The van der Waals surface area contributed by atoms with Gasteiger partial charge in [-0.25, -0.2) is 4.98 Å². The van der Waals surface area contributed by atoms with Gasteiger partial charge in [0.1, 0.15) is 0 Å². The molecule has 0 aliphatic rings. The number of esters is 2. The number of aromatic amines is 1. The molecule has 0 aliphatic heterocycles. The van der Waals surface area contributed by atoms with Crippen molar-refractivity contribution >= 4 is 34.7 Å². The van der Waals surface area contributed by atoms with E-state index in [1.54, 1.807) is 12.1 Å². The van der Waals surface area contributed by atoms with Crippen LogP contribution in [0.4, 0.5) is 0 Å². The lowest BCUT2D eigenvalue weighted by Crippen LogP contribution is -2.07. The molecule has 2 rings (SSSR count). The van der Waals surface area contributed by atoms with Crippen LogP contribution < -0.4 is 9.47 Å². The fourth-order valence-electron chi connectivity index (χ4n) is 1.56. The van der Waals surface area contributed by atoms with E-state index in [9.17, 15) is 9.59 Å². The smallest absolute Gasteiger partial charge is 0.308 e. The highest BCUT2D eigenvalue weighted by Gasteiger charge is 2.14. The third-order valence-corrected chi connectivity index (χ3v) is 2.81. The first-order valence-corrected chi connectivity index (χ1v) is 6.66. The quantitative estimate of drug-likeness (QED) is 0.527. The Kier molecular flexibility index (Phi) is 3.75. The Morgan fingerprint density at radius 3 is 2.26 bits per heavy atom. The van der Waals surface area contributed by atoms with Crippen molar-refractivity contribution in [3.63, 3.8) is 0 Å². The zero-order chi connectivity index (χ0) is 14.0. The predicted octanol–water partition coefficient (Wildman–Crippen LogP) is 2.14. The molecule has 0 radical (unpaired) electrons. The predicted molar refractivity (Wildman–Crippen MR) is 70.5 cm³/mol. The number of benzene rings is 1. The molecule has 0 unspecified atom stereocenters. The highest BCUT2D eigenvalue weighted by Crippen LogP contribution is 2.33. The van der Waals surface area contributed by atoms with Crippen molar-refractivity contribution in [2.24, 2.45) is 0 Å². The van der Waals surface area contributed by atoms with Crippen molar-refractivity contribution in [2.75, 3.05) is 6.26 Å². The lowest BCUT2D eigenvalue weighted by molar-refractivity contribution is -0.134. The van der Waals surface area contributed by atoms with E-state index in [2.05, 4.69) is 9.97 Å². The van der Waals surface area contributed by atoms with Gasteiger partial charge >= 0.3 is 11.9 Å². The summed E-state index contributed by atoms with van der Waals surface area (Å²) in [5.41, 5.74) is 1.34. The SMILES string of the molecule is CSc1nc2cc(OC(C)=O)c(OC(C)=O)cc2[nH]1. The van der Waals surface area contributed by atoms with Crippen LogP contribution in [0.25, 0.3) is 11.0 Å². The second-order valence-electron chi connectivity index (χ2n) is 3.75. The van der Waals surface area contributed by atoms with Crippen molar-refractivity contribution in [2.45, 2.75) is 19.0 Å². The van der Waals surface area contributed by atoms with E-state index >= 15 is 0 Å². The molecule has 0 fully saturated rings. The fourth-order valence-corrected chi connectivity index (χ4v) is 1.96. The molecule has 0 aliphatic carbocycles. The Bertz CT molecular complexity index is 597. The molecule has 2 aromatic rings. The van der Waals surface area contributed by atoms with Gasteiger partial charge < -0.3 is 14.5 Å². The first-order chi connectivity index (χ1) is 8.99. The molecular weight excluding hydrogens is 268 g/mol. The van der Waals surface area contributed by atoms with Crippen LogP contribution in [0.3, 0.4) is 0 Å². The van der Waals surface area contributed by atoms with E-state index in [0.29, 0.717) is 11.0 Å². The van der Waals surface area contributed by atoms with E-state index < -0.39 is 11.9 Å². The highest BCUT2D eigenvalue weighted by molar-refractivity contribution is 7.98. The number of hydrogen-bond donors (Lipinski definition) is 1. The average molecular weight is 280 g/mol. The van der Waals surface area contributed by atoms with Gasteiger partial charge in [0.05, 0.1) is 11.0 Å². The zero-order valence-electron chi connectivity index (χ0n) is 10.6. The lowest BCUT2D eigenvalue weighted by Gasteiger charge is -2.08. The van der Waals surface area contributed by atoms with Crippen molar-refractivity contribution in [3.8, 4) is 11.5 Å². The second-order valence-corrected chi connectivity index (χ2v) is 4.54. The second kappa shape index (κ2) is 5.31. The largest absolute Gasteiger partial charge is 0.423 e. The number of ether oxygens (including phenoxy) is 2. The highest BCUT2D eigenvalue weighted by atomic mass is 32.2.